The molecule has 2 aromatic rings. The molecule has 2 N–H and O–H groups in total. The van der Waals surface area contributed by atoms with Crippen LogP contribution in [0.5, 0.6) is 0 Å². The summed E-state index contributed by atoms with van der Waals surface area (Å²) in [6, 6.07) is 15.2. The van der Waals surface area contributed by atoms with Crippen molar-refractivity contribution in [3.63, 3.8) is 0 Å². The topological polar surface area (TPSA) is 61.4 Å². The van der Waals surface area contributed by atoms with Crippen molar-refractivity contribution in [3.05, 3.63) is 75.8 Å². The molecule has 1 aliphatic heterocycles. The standard InChI is InChI=1S/C27H33Cl2N3O2/c1-32-18-15-24(21-8-12-23(29)13-9-21)25(19-32)27(34)31-17-4-2-3-16-30-26(33)14-7-20-5-10-22(28)11-6-20/h5-14,24-25H,2-4,15-19H2,1H3,(H,30,33)(H,31,34)/b14-7+. The fraction of sp³-hybridized carbons (Fsp3) is 0.407. The van der Waals surface area contributed by atoms with Gasteiger partial charge < -0.3 is 15.5 Å². The molecule has 0 bridgehead atoms. The number of unbranched alkanes of at least 4 members (excludes halogenated alkanes) is 2. The first-order chi connectivity index (χ1) is 16.4. The van der Waals surface area contributed by atoms with Crippen molar-refractivity contribution in [2.24, 2.45) is 5.92 Å². The average molecular weight is 502 g/mol. The lowest BCUT2D eigenvalue weighted by atomic mass is 9.80. The molecule has 1 saturated heterocycles. The Balaban J connectivity index is 1.33. The van der Waals surface area contributed by atoms with Crippen LogP contribution in [0.4, 0.5) is 0 Å². The minimum absolute atomic E-state index is 0.0633. The molecule has 2 atom stereocenters. The monoisotopic (exact) mass is 501 g/mol. The van der Waals surface area contributed by atoms with Crippen LogP contribution in [-0.2, 0) is 9.59 Å². The molecule has 7 heteroatoms. The van der Waals surface area contributed by atoms with Crippen LogP contribution < -0.4 is 10.6 Å². The van der Waals surface area contributed by atoms with Crippen LogP contribution in [0.2, 0.25) is 10.0 Å². The molecule has 2 aromatic carbocycles. The summed E-state index contributed by atoms with van der Waals surface area (Å²) in [7, 11) is 2.07. The number of rotatable bonds is 10. The summed E-state index contributed by atoms with van der Waals surface area (Å²) in [5.41, 5.74) is 2.11. The molecule has 3 rings (SSSR count). The number of piperidine rings is 1. The van der Waals surface area contributed by atoms with Gasteiger partial charge in [0, 0.05) is 35.8 Å². The fourth-order valence-electron chi connectivity index (χ4n) is 4.28. The third-order valence-corrected chi connectivity index (χ3v) is 6.70. The molecule has 2 amide bonds. The number of carbonyl (C=O) groups is 2. The van der Waals surface area contributed by atoms with E-state index in [-0.39, 0.29) is 23.7 Å². The second-order valence-corrected chi connectivity index (χ2v) is 9.72. The van der Waals surface area contributed by atoms with Gasteiger partial charge in [0.15, 0.2) is 0 Å². The molecular weight excluding hydrogens is 469 g/mol. The highest BCUT2D eigenvalue weighted by atomic mass is 35.5. The molecule has 0 radical (unpaired) electrons. The maximum atomic E-state index is 12.9. The molecule has 5 nitrogen and oxygen atoms in total. The van der Waals surface area contributed by atoms with Crippen molar-refractivity contribution in [1.82, 2.24) is 15.5 Å². The van der Waals surface area contributed by atoms with Crippen molar-refractivity contribution in [2.45, 2.75) is 31.6 Å². The number of hydrogen-bond acceptors (Lipinski definition) is 3. The Morgan fingerprint density at radius 1 is 0.941 bits per heavy atom. The lowest BCUT2D eigenvalue weighted by molar-refractivity contribution is -0.127. The van der Waals surface area contributed by atoms with E-state index in [0.717, 1.165) is 44.3 Å². The molecule has 0 saturated carbocycles. The van der Waals surface area contributed by atoms with Crippen molar-refractivity contribution in [2.75, 3.05) is 33.2 Å². The lowest BCUT2D eigenvalue weighted by Crippen LogP contribution is -2.45. The first-order valence-corrected chi connectivity index (χ1v) is 12.6. The Hall–Kier alpha value is -2.34. The van der Waals surface area contributed by atoms with Crippen LogP contribution >= 0.6 is 23.2 Å². The number of hydrogen-bond donors (Lipinski definition) is 2. The number of amides is 2. The predicted octanol–water partition coefficient (Wildman–Crippen LogP) is 5.14. The lowest BCUT2D eigenvalue weighted by Gasteiger charge is -2.36. The molecule has 0 spiro atoms. The van der Waals surface area contributed by atoms with Crippen LogP contribution in [0.1, 0.15) is 42.7 Å². The van der Waals surface area contributed by atoms with Gasteiger partial charge in [0.2, 0.25) is 11.8 Å². The number of carbonyl (C=O) groups excluding carboxylic acids is 2. The highest BCUT2D eigenvalue weighted by molar-refractivity contribution is 6.30. The van der Waals surface area contributed by atoms with Gasteiger partial charge in [0.1, 0.15) is 0 Å². The Bertz CT molecular complexity index is 961. The van der Waals surface area contributed by atoms with Gasteiger partial charge in [-0.25, -0.2) is 0 Å². The van der Waals surface area contributed by atoms with Crippen LogP contribution in [0.15, 0.2) is 54.6 Å². The quantitative estimate of drug-likeness (QED) is 0.349. The molecule has 2 unspecified atom stereocenters. The minimum atomic E-state index is -0.113. The van der Waals surface area contributed by atoms with E-state index < -0.39 is 0 Å². The van der Waals surface area contributed by atoms with Gasteiger partial charge in [-0.3, -0.25) is 9.59 Å². The fourth-order valence-corrected chi connectivity index (χ4v) is 4.53. The smallest absolute Gasteiger partial charge is 0.243 e. The molecule has 182 valence electrons. The first-order valence-electron chi connectivity index (χ1n) is 11.9. The van der Waals surface area contributed by atoms with Crippen LogP contribution in [-0.4, -0.2) is 49.9 Å². The molecular formula is C27H33Cl2N3O2. The predicted molar refractivity (Wildman–Crippen MR) is 140 cm³/mol. The van der Waals surface area contributed by atoms with Crippen molar-refractivity contribution in [1.29, 1.82) is 0 Å². The van der Waals surface area contributed by atoms with E-state index in [0.29, 0.717) is 23.1 Å². The Morgan fingerprint density at radius 3 is 2.24 bits per heavy atom. The Morgan fingerprint density at radius 2 is 1.56 bits per heavy atom. The highest BCUT2D eigenvalue weighted by Gasteiger charge is 2.33. The molecule has 0 aliphatic carbocycles. The maximum absolute atomic E-state index is 12.9. The van der Waals surface area contributed by atoms with E-state index in [2.05, 4.69) is 22.6 Å². The van der Waals surface area contributed by atoms with Gasteiger partial charge in [-0.1, -0.05) is 47.5 Å². The van der Waals surface area contributed by atoms with Crippen LogP contribution in [0.3, 0.4) is 0 Å². The summed E-state index contributed by atoms with van der Waals surface area (Å²) >= 11 is 11.9. The number of likely N-dealkylation sites (tertiary alicyclic amines) is 1. The summed E-state index contributed by atoms with van der Waals surface area (Å²) < 4.78 is 0. The van der Waals surface area contributed by atoms with Gasteiger partial charge in [0.05, 0.1) is 5.92 Å². The second-order valence-electron chi connectivity index (χ2n) is 8.84. The van der Waals surface area contributed by atoms with E-state index in [9.17, 15) is 9.59 Å². The third-order valence-electron chi connectivity index (χ3n) is 6.20. The van der Waals surface area contributed by atoms with E-state index in [1.807, 2.05) is 36.4 Å². The zero-order valence-electron chi connectivity index (χ0n) is 19.6. The molecule has 1 fully saturated rings. The molecule has 34 heavy (non-hydrogen) atoms. The summed E-state index contributed by atoms with van der Waals surface area (Å²) in [6.07, 6.45) is 6.95. The zero-order valence-corrected chi connectivity index (χ0v) is 21.1. The van der Waals surface area contributed by atoms with Crippen LogP contribution in [0, 0.1) is 5.92 Å². The van der Waals surface area contributed by atoms with Gasteiger partial charge in [0.25, 0.3) is 0 Å². The van der Waals surface area contributed by atoms with Gasteiger partial charge in [-0.05, 0) is 86.7 Å². The van der Waals surface area contributed by atoms with E-state index in [1.165, 1.54) is 11.6 Å². The SMILES string of the molecule is CN1CCC(c2ccc(Cl)cc2)C(C(=O)NCCCCCNC(=O)/C=C/c2ccc(Cl)cc2)C1. The van der Waals surface area contributed by atoms with Crippen molar-refractivity contribution >= 4 is 41.1 Å². The van der Waals surface area contributed by atoms with Crippen molar-refractivity contribution in [3.8, 4) is 0 Å². The molecule has 1 heterocycles. The Kier molecular flexibility index (Phi) is 10.4. The minimum Gasteiger partial charge on any atom is -0.356 e. The van der Waals surface area contributed by atoms with Crippen molar-refractivity contribution < 1.29 is 9.59 Å². The first kappa shape index (κ1) is 26.3. The maximum Gasteiger partial charge on any atom is 0.243 e. The normalized spacial score (nSPS) is 18.7. The summed E-state index contributed by atoms with van der Waals surface area (Å²) in [5, 5.41) is 7.41. The van der Waals surface area contributed by atoms with Crippen LogP contribution in [0.25, 0.3) is 6.08 Å². The number of nitrogens with zero attached hydrogens (tertiary/aromatic N) is 1. The Labute approximate surface area is 212 Å². The summed E-state index contributed by atoms with van der Waals surface area (Å²) in [6.45, 7) is 3.01. The zero-order chi connectivity index (χ0) is 24.3. The highest BCUT2D eigenvalue weighted by Crippen LogP contribution is 2.33. The second kappa shape index (κ2) is 13.5. The van der Waals surface area contributed by atoms with E-state index >= 15 is 0 Å². The molecule has 0 aromatic heterocycles. The number of nitrogens with one attached hydrogen (secondary N) is 2. The molecule has 1 aliphatic rings. The summed E-state index contributed by atoms with van der Waals surface area (Å²) in [4.78, 5) is 27.1. The number of benzene rings is 2. The van der Waals surface area contributed by atoms with Gasteiger partial charge in [-0.2, -0.15) is 0 Å². The van der Waals surface area contributed by atoms with Gasteiger partial charge in [-0.15, -0.1) is 0 Å². The summed E-state index contributed by atoms with van der Waals surface area (Å²) in [5.74, 6) is 0.154. The third kappa shape index (κ3) is 8.46. The number of halogens is 2. The van der Waals surface area contributed by atoms with E-state index in [4.69, 9.17) is 23.2 Å². The largest absolute Gasteiger partial charge is 0.356 e. The average Bonchev–Trinajstić information content (AvgIpc) is 2.83. The van der Waals surface area contributed by atoms with E-state index in [1.54, 1.807) is 18.2 Å². The van der Waals surface area contributed by atoms with Gasteiger partial charge >= 0.3 is 0 Å².